The van der Waals surface area contributed by atoms with Gasteiger partial charge in [-0.15, -0.1) is 0 Å². The van der Waals surface area contributed by atoms with Crippen molar-refractivity contribution in [1.82, 2.24) is 0 Å². The van der Waals surface area contributed by atoms with Gasteiger partial charge in [0.15, 0.2) is 0 Å². The highest BCUT2D eigenvalue weighted by Crippen LogP contribution is 2.19. The Hall–Kier alpha value is -3.71. The second kappa shape index (κ2) is 8.79. The van der Waals surface area contributed by atoms with Gasteiger partial charge in [-0.2, -0.15) is 5.26 Å². The highest BCUT2D eigenvalue weighted by atomic mass is 19.1. The van der Waals surface area contributed by atoms with Gasteiger partial charge in [0.2, 0.25) is 0 Å². The Labute approximate surface area is 163 Å². The normalized spacial score (nSPS) is 11.0. The average Bonchev–Trinajstić information content (AvgIpc) is 2.69. The van der Waals surface area contributed by atoms with Crippen LogP contribution in [0.1, 0.15) is 22.3 Å². The van der Waals surface area contributed by atoms with Gasteiger partial charge in [-0.05, 0) is 60.4 Å². The van der Waals surface area contributed by atoms with E-state index in [9.17, 15) is 14.4 Å². The Morgan fingerprint density at radius 1 is 1.07 bits per heavy atom. The summed E-state index contributed by atoms with van der Waals surface area (Å²) >= 11 is 0. The lowest BCUT2D eigenvalue weighted by Gasteiger charge is -2.08. The molecule has 0 bridgehead atoms. The van der Waals surface area contributed by atoms with Crippen LogP contribution in [-0.4, -0.2) is 5.91 Å². The van der Waals surface area contributed by atoms with Crippen LogP contribution in [0.3, 0.4) is 0 Å². The molecule has 0 aliphatic heterocycles. The molecule has 0 unspecified atom stereocenters. The van der Waals surface area contributed by atoms with Gasteiger partial charge in [-0.3, -0.25) is 4.79 Å². The Balaban J connectivity index is 1.85. The maximum absolute atomic E-state index is 13.5. The van der Waals surface area contributed by atoms with Crippen molar-refractivity contribution in [2.45, 2.75) is 13.3 Å². The van der Waals surface area contributed by atoms with Crippen LogP contribution in [0, 0.1) is 24.1 Å². The minimum Gasteiger partial charge on any atom is -0.321 e. The first-order valence-electron chi connectivity index (χ1n) is 8.87. The van der Waals surface area contributed by atoms with E-state index in [0.29, 0.717) is 12.1 Å². The van der Waals surface area contributed by atoms with Crippen LogP contribution in [-0.2, 0) is 11.2 Å². The molecule has 0 spiro atoms. The van der Waals surface area contributed by atoms with Gasteiger partial charge >= 0.3 is 0 Å². The third kappa shape index (κ3) is 4.93. The molecule has 1 N–H and O–H groups in total. The van der Waals surface area contributed by atoms with Gasteiger partial charge in [0.1, 0.15) is 17.5 Å². The van der Waals surface area contributed by atoms with E-state index in [1.54, 1.807) is 24.3 Å². The fourth-order valence-electron chi connectivity index (χ4n) is 2.84. The van der Waals surface area contributed by atoms with Crippen molar-refractivity contribution >= 4 is 17.7 Å². The summed E-state index contributed by atoms with van der Waals surface area (Å²) in [7, 11) is 0. The first-order valence-corrected chi connectivity index (χ1v) is 8.87. The molecule has 0 fully saturated rings. The van der Waals surface area contributed by atoms with Crippen molar-refractivity contribution in [3.05, 3.63) is 106 Å². The summed E-state index contributed by atoms with van der Waals surface area (Å²) < 4.78 is 13.5. The summed E-state index contributed by atoms with van der Waals surface area (Å²) in [5, 5.41) is 12.2. The first-order chi connectivity index (χ1) is 13.5. The van der Waals surface area contributed by atoms with Crippen molar-refractivity contribution in [2.75, 3.05) is 5.32 Å². The number of nitrogens with zero attached hydrogens (tertiary/aromatic N) is 1. The zero-order valence-electron chi connectivity index (χ0n) is 15.4. The minimum absolute atomic E-state index is 0.00673. The Kier molecular flexibility index (Phi) is 5.98. The van der Waals surface area contributed by atoms with Crippen LogP contribution in [0.4, 0.5) is 10.1 Å². The highest BCUT2D eigenvalue weighted by Gasteiger charge is 2.11. The number of hydrogen-bond donors (Lipinski definition) is 1. The fraction of sp³-hybridized carbons (Fsp3) is 0.0833. The van der Waals surface area contributed by atoms with Crippen LogP contribution >= 0.6 is 0 Å². The molecular formula is C24H19FN2O. The number of nitriles is 1. The third-order valence-electron chi connectivity index (χ3n) is 4.31. The number of rotatable bonds is 5. The number of hydrogen-bond acceptors (Lipinski definition) is 2. The standard InChI is InChI=1S/C24H19FN2O/c1-17-9-11-23(12-10-17)27-24(28)21(16-26)15-20-7-3-2-6-19(20)13-18-5-4-8-22(25)14-18/h2-12,14-15H,13H2,1H3,(H,27,28)/b21-15+. The van der Waals surface area contributed by atoms with Crippen molar-refractivity contribution in [1.29, 1.82) is 5.26 Å². The summed E-state index contributed by atoms with van der Waals surface area (Å²) in [5.41, 5.74) is 4.20. The van der Waals surface area contributed by atoms with E-state index >= 15 is 0 Å². The van der Waals surface area contributed by atoms with Crippen molar-refractivity contribution in [3.8, 4) is 6.07 Å². The monoisotopic (exact) mass is 370 g/mol. The number of anilines is 1. The number of halogens is 1. The van der Waals surface area contributed by atoms with Crippen molar-refractivity contribution < 1.29 is 9.18 Å². The van der Waals surface area contributed by atoms with Gasteiger partial charge in [0, 0.05) is 5.69 Å². The Bertz CT molecular complexity index is 1060. The van der Waals surface area contributed by atoms with Crippen molar-refractivity contribution in [2.24, 2.45) is 0 Å². The predicted molar refractivity (Wildman–Crippen MR) is 109 cm³/mol. The van der Waals surface area contributed by atoms with Crippen LogP contribution < -0.4 is 5.32 Å². The molecule has 1 amide bonds. The molecule has 0 saturated heterocycles. The lowest BCUT2D eigenvalue weighted by atomic mass is 9.98. The first kappa shape index (κ1) is 19.1. The summed E-state index contributed by atoms with van der Waals surface area (Å²) in [5.74, 6) is -0.757. The quantitative estimate of drug-likeness (QED) is 0.491. The van der Waals surface area contributed by atoms with Gasteiger partial charge in [0.05, 0.1) is 0 Å². The maximum atomic E-state index is 13.5. The molecule has 3 aromatic carbocycles. The van der Waals surface area contributed by atoms with Gasteiger partial charge < -0.3 is 5.32 Å². The molecule has 3 rings (SSSR count). The van der Waals surface area contributed by atoms with E-state index < -0.39 is 5.91 Å². The number of benzene rings is 3. The second-order valence-electron chi connectivity index (χ2n) is 6.50. The number of carbonyl (C=O) groups is 1. The molecule has 138 valence electrons. The zero-order valence-corrected chi connectivity index (χ0v) is 15.4. The predicted octanol–water partition coefficient (Wildman–Crippen LogP) is 5.27. The molecule has 3 nitrogen and oxygen atoms in total. The molecule has 0 aromatic heterocycles. The van der Waals surface area contributed by atoms with Crippen LogP contribution in [0.2, 0.25) is 0 Å². The molecule has 4 heteroatoms. The molecule has 0 atom stereocenters. The summed E-state index contributed by atoms with van der Waals surface area (Å²) in [4.78, 5) is 12.5. The number of aryl methyl sites for hydroxylation is 1. The molecule has 3 aromatic rings. The lowest BCUT2D eigenvalue weighted by molar-refractivity contribution is -0.112. The van der Waals surface area contributed by atoms with E-state index in [-0.39, 0.29) is 11.4 Å². The third-order valence-corrected chi connectivity index (χ3v) is 4.31. The average molecular weight is 370 g/mol. The molecule has 0 saturated carbocycles. The SMILES string of the molecule is Cc1ccc(NC(=O)/C(C#N)=C/c2ccccc2Cc2cccc(F)c2)cc1. The summed E-state index contributed by atoms with van der Waals surface area (Å²) in [6.45, 7) is 1.96. The van der Waals surface area contributed by atoms with E-state index in [1.807, 2.05) is 55.5 Å². The Morgan fingerprint density at radius 3 is 2.54 bits per heavy atom. The summed E-state index contributed by atoms with van der Waals surface area (Å²) in [6.07, 6.45) is 2.07. The van der Waals surface area contributed by atoms with Crippen LogP contribution in [0.25, 0.3) is 6.08 Å². The molecule has 0 heterocycles. The molecule has 28 heavy (non-hydrogen) atoms. The number of carbonyl (C=O) groups excluding carboxylic acids is 1. The van der Waals surface area contributed by atoms with Crippen molar-refractivity contribution in [3.63, 3.8) is 0 Å². The molecular weight excluding hydrogens is 351 g/mol. The maximum Gasteiger partial charge on any atom is 0.266 e. The number of amides is 1. The molecule has 0 radical (unpaired) electrons. The van der Waals surface area contributed by atoms with E-state index in [2.05, 4.69) is 5.32 Å². The molecule has 0 aliphatic rings. The highest BCUT2D eigenvalue weighted by molar-refractivity contribution is 6.09. The van der Waals surface area contributed by atoms with Crippen LogP contribution in [0.15, 0.2) is 78.4 Å². The molecule has 0 aliphatic carbocycles. The topological polar surface area (TPSA) is 52.9 Å². The fourth-order valence-corrected chi connectivity index (χ4v) is 2.84. The number of nitrogens with one attached hydrogen (secondary N) is 1. The zero-order chi connectivity index (χ0) is 19.9. The minimum atomic E-state index is -0.466. The largest absolute Gasteiger partial charge is 0.321 e. The lowest BCUT2D eigenvalue weighted by Crippen LogP contribution is -2.13. The van der Waals surface area contributed by atoms with E-state index in [1.165, 1.54) is 12.1 Å². The van der Waals surface area contributed by atoms with Crippen LogP contribution in [0.5, 0.6) is 0 Å². The van der Waals surface area contributed by atoms with E-state index in [4.69, 9.17) is 0 Å². The van der Waals surface area contributed by atoms with Gasteiger partial charge in [0.25, 0.3) is 5.91 Å². The van der Waals surface area contributed by atoms with Gasteiger partial charge in [-0.1, -0.05) is 54.1 Å². The van der Waals surface area contributed by atoms with Gasteiger partial charge in [-0.25, -0.2) is 4.39 Å². The second-order valence-corrected chi connectivity index (χ2v) is 6.50. The smallest absolute Gasteiger partial charge is 0.266 e. The van der Waals surface area contributed by atoms with E-state index in [0.717, 1.165) is 22.3 Å². The summed E-state index contributed by atoms with van der Waals surface area (Å²) in [6, 6.07) is 23.2. The Morgan fingerprint density at radius 2 is 1.82 bits per heavy atom.